The molecule has 0 spiro atoms. The van der Waals surface area contributed by atoms with Crippen molar-refractivity contribution in [3.63, 3.8) is 0 Å². The van der Waals surface area contributed by atoms with Crippen molar-refractivity contribution in [1.82, 2.24) is 0 Å². The number of rotatable bonds is 5. The molecule has 0 fully saturated rings. The Hall–Kier alpha value is -1.94. The SMILES string of the molecule is CN(Cc1cccc(F)c1)c1ccc(F)cc1CCN. The number of nitrogens with two attached hydrogens (primary N) is 1. The molecule has 0 aliphatic rings. The normalized spacial score (nSPS) is 10.6. The van der Waals surface area contributed by atoms with Crippen LogP contribution in [-0.2, 0) is 13.0 Å². The van der Waals surface area contributed by atoms with Crippen LogP contribution in [0.4, 0.5) is 14.5 Å². The Morgan fingerprint density at radius 3 is 2.50 bits per heavy atom. The minimum Gasteiger partial charge on any atom is -0.370 e. The molecule has 2 rings (SSSR count). The topological polar surface area (TPSA) is 29.3 Å². The first-order valence-corrected chi connectivity index (χ1v) is 6.54. The lowest BCUT2D eigenvalue weighted by Crippen LogP contribution is -2.19. The van der Waals surface area contributed by atoms with E-state index < -0.39 is 0 Å². The fourth-order valence-corrected chi connectivity index (χ4v) is 2.28. The Labute approximate surface area is 117 Å². The Balaban J connectivity index is 2.22. The third-order valence-corrected chi connectivity index (χ3v) is 3.18. The zero-order valence-electron chi connectivity index (χ0n) is 11.4. The molecule has 0 saturated carbocycles. The van der Waals surface area contributed by atoms with Crippen LogP contribution in [0.15, 0.2) is 42.5 Å². The summed E-state index contributed by atoms with van der Waals surface area (Å²) in [5.41, 5.74) is 8.22. The minimum atomic E-state index is -0.267. The van der Waals surface area contributed by atoms with E-state index in [1.165, 1.54) is 24.3 Å². The Kier molecular flexibility index (Phi) is 4.69. The van der Waals surface area contributed by atoms with Gasteiger partial charge in [-0.15, -0.1) is 0 Å². The second kappa shape index (κ2) is 6.48. The molecule has 106 valence electrons. The highest BCUT2D eigenvalue weighted by atomic mass is 19.1. The van der Waals surface area contributed by atoms with E-state index in [1.807, 2.05) is 18.0 Å². The molecular weight excluding hydrogens is 258 g/mol. The lowest BCUT2D eigenvalue weighted by Gasteiger charge is -2.22. The molecule has 0 heterocycles. The molecule has 2 N–H and O–H groups in total. The van der Waals surface area contributed by atoms with Crippen molar-refractivity contribution >= 4 is 5.69 Å². The summed E-state index contributed by atoms with van der Waals surface area (Å²) >= 11 is 0. The number of hydrogen-bond acceptors (Lipinski definition) is 2. The molecule has 0 aliphatic heterocycles. The highest BCUT2D eigenvalue weighted by Gasteiger charge is 2.09. The fourth-order valence-electron chi connectivity index (χ4n) is 2.28. The molecule has 0 unspecified atom stereocenters. The molecule has 4 heteroatoms. The van der Waals surface area contributed by atoms with Crippen molar-refractivity contribution in [1.29, 1.82) is 0 Å². The highest BCUT2D eigenvalue weighted by Crippen LogP contribution is 2.23. The van der Waals surface area contributed by atoms with Gasteiger partial charge in [-0.1, -0.05) is 12.1 Å². The average molecular weight is 276 g/mol. The molecule has 2 nitrogen and oxygen atoms in total. The Morgan fingerprint density at radius 2 is 1.80 bits per heavy atom. The van der Waals surface area contributed by atoms with Crippen LogP contribution in [0.5, 0.6) is 0 Å². The van der Waals surface area contributed by atoms with Gasteiger partial charge in [0.05, 0.1) is 0 Å². The van der Waals surface area contributed by atoms with Crippen LogP contribution in [0.1, 0.15) is 11.1 Å². The first kappa shape index (κ1) is 14.5. The molecule has 2 aromatic carbocycles. The first-order chi connectivity index (χ1) is 9.60. The second-order valence-electron chi connectivity index (χ2n) is 4.80. The van der Waals surface area contributed by atoms with E-state index >= 15 is 0 Å². The highest BCUT2D eigenvalue weighted by molar-refractivity contribution is 5.53. The van der Waals surface area contributed by atoms with Crippen molar-refractivity contribution in [2.45, 2.75) is 13.0 Å². The molecule has 0 radical (unpaired) electrons. The van der Waals surface area contributed by atoms with Crippen molar-refractivity contribution < 1.29 is 8.78 Å². The molecule has 0 amide bonds. The molecule has 0 aliphatic carbocycles. The maximum atomic E-state index is 13.3. The van der Waals surface area contributed by atoms with Gasteiger partial charge >= 0.3 is 0 Å². The molecule has 20 heavy (non-hydrogen) atoms. The predicted octanol–water partition coefficient (Wildman–Crippen LogP) is 3.10. The molecule has 0 aromatic heterocycles. The quantitative estimate of drug-likeness (QED) is 0.909. The van der Waals surface area contributed by atoms with Crippen LogP contribution in [0, 0.1) is 11.6 Å². The molecule has 0 atom stereocenters. The van der Waals surface area contributed by atoms with E-state index in [1.54, 1.807) is 12.1 Å². The van der Waals surface area contributed by atoms with E-state index in [9.17, 15) is 8.78 Å². The van der Waals surface area contributed by atoms with Gasteiger partial charge in [-0.25, -0.2) is 8.78 Å². The smallest absolute Gasteiger partial charge is 0.123 e. The monoisotopic (exact) mass is 276 g/mol. The van der Waals surface area contributed by atoms with Gasteiger partial charge in [0.2, 0.25) is 0 Å². The van der Waals surface area contributed by atoms with Crippen LogP contribution in [0.2, 0.25) is 0 Å². The summed E-state index contributed by atoms with van der Waals surface area (Å²) in [5, 5.41) is 0. The minimum absolute atomic E-state index is 0.253. The van der Waals surface area contributed by atoms with Crippen LogP contribution in [0.3, 0.4) is 0 Å². The van der Waals surface area contributed by atoms with Gasteiger partial charge in [0.1, 0.15) is 11.6 Å². The number of halogens is 2. The summed E-state index contributed by atoms with van der Waals surface area (Å²) in [5.74, 6) is -0.520. The van der Waals surface area contributed by atoms with Gasteiger partial charge < -0.3 is 10.6 Å². The maximum Gasteiger partial charge on any atom is 0.123 e. The van der Waals surface area contributed by atoms with Crippen LogP contribution < -0.4 is 10.6 Å². The van der Waals surface area contributed by atoms with E-state index in [-0.39, 0.29) is 11.6 Å². The lowest BCUT2D eigenvalue weighted by molar-refractivity contribution is 0.624. The van der Waals surface area contributed by atoms with E-state index in [0.29, 0.717) is 19.5 Å². The van der Waals surface area contributed by atoms with Crippen molar-refractivity contribution in [3.8, 4) is 0 Å². The zero-order chi connectivity index (χ0) is 14.5. The molecular formula is C16H18F2N2. The van der Waals surface area contributed by atoms with E-state index in [2.05, 4.69) is 0 Å². The van der Waals surface area contributed by atoms with Crippen LogP contribution in [-0.4, -0.2) is 13.6 Å². The Bertz CT molecular complexity index is 584. The van der Waals surface area contributed by atoms with Gasteiger partial charge in [-0.05, 0) is 54.4 Å². The van der Waals surface area contributed by atoms with Crippen LogP contribution in [0.25, 0.3) is 0 Å². The van der Waals surface area contributed by atoms with E-state index in [4.69, 9.17) is 5.73 Å². The lowest BCUT2D eigenvalue weighted by atomic mass is 10.1. The van der Waals surface area contributed by atoms with E-state index in [0.717, 1.165) is 16.8 Å². The van der Waals surface area contributed by atoms with Crippen molar-refractivity contribution in [3.05, 3.63) is 65.2 Å². The summed E-state index contributed by atoms with van der Waals surface area (Å²) in [7, 11) is 1.90. The average Bonchev–Trinajstić information content (AvgIpc) is 2.39. The zero-order valence-corrected chi connectivity index (χ0v) is 11.4. The van der Waals surface area contributed by atoms with Crippen LogP contribution >= 0.6 is 0 Å². The maximum absolute atomic E-state index is 13.3. The van der Waals surface area contributed by atoms with Crippen molar-refractivity contribution in [2.75, 3.05) is 18.5 Å². The molecule has 2 aromatic rings. The third kappa shape index (κ3) is 3.54. The Morgan fingerprint density at radius 1 is 1.05 bits per heavy atom. The number of hydrogen-bond donors (Lipinski definition) is 1. The van der Waals surface area contributed by atoms with Gasteiger partial charge in [0.15, 0.2) is 0 Å². The largest absolute Gasteiger partial charge is 0.370 e. The summed E-state index contributed by atoms with van der Waals surface area (Å²) < 4.78 is 26.5. The predicted molar refractivity (Wildman–Crippen MR) is 77.7 cm³/mol. The first-order valence-electron chi connectivity index (χ1n) is 6.54. The van der Waals surface area contributed by atoms with Gasteiger partial charge in [-0.2, -0.15) is 0 Å². The summed E-state index contributed by atoms with van der Waals surface area (Å²) in [4.78, 5) is 1.97. The van der Waals surface area contributed by atoms with Gasteiger partial charge in [0, 0.05) is 19.3 Å². The number of nitrogens with zero attached hydrogens (tertiary/aromatic N) is 1. The van der Waals surface area contributed by atoms with Gasteiger partial charge in [-0.3, -0.25) is 0 Å². The third-order valence-electron chi connectivity index (χ3n) is 3.18. The van der Waals surface area contributed by atoms with Crippen molar-refractivity contribution in [2.24, 2.45) is 5.73 Å². The number of anilines is 1. The van der Waals surface area contributed by atoms with Gasteiger partial charge in [0.25, 0.3) is 0 Å². The molecule has 0 saturated heterocycles. The molecule has 0 bridgehead atoms. The summed E-state index contributed by atoms with van der Waals surface area (Å²) in [6, 6.07) is 11.1. The summed E-state index contributed by atoms with van der Waals surface area (Å²) in [6.45, 7) is 1.02. The fraction of sp³-hybridized carbons (Fsp3) is 0.250. The standard InChI is InChI=1S/C16H18F2N2/c1-20(11-12-3-2-4-14(17)9-12)16-6-5-15(18)10-13(16)7-8-19/h2-6,9-10H,7-8,11,19H2,1H3. The number of benzene rings is 2. The second-order valence-corrected chi connectivity index (χ2v) is 4.80. The summed E-state index contributed by atoms with van der Waals surface area (Å²) in [6.07, 6.45) is 0.612.